The van der Waals surface area contributed by atoms with E-state index in [4.69, 9.17) is 0 Å². The summed E-state index contributed by atoms with van der Waals surface area (Å²) in [7, 11) is 1.89. The Morgan fingerprint density at radius 2 is 2.24 bits per heavy atom. The molecule has 0 unspecified atom stereocenters. The van der Waals surface area contributed by atoms with E-state index >= 15 is 0 Å². The van der Waals surface area contributed by atoms with E-state index in [0.717, 1.165) is 16.6 Å². The number of nitrogens with one attached hydrogen (secondary N) is 1. The first-order valence-corrected chi connectivity index (χ1v) is 7.36. The maximum absolute atomic E-state index is 12.0. The number of imidazole rings is 1. The van der Waals surface area contributed by atoms with Crippen molar-refractivity contribution in [1.29, 1.82) is 5.26 Å². The Morgan fingerprint density at radius 1 is 1.43 bits per heavy atom. The van der Waals surface area contributed by atoms with Gasteiger partial charge in [0, 0.05) is 12.6 Å². The van der Waals surface area contributed by atoms with Gasteiger partial charge in [0.05, 0.1) is 23.1 Å². The zero-order chi connectivity index (χ0) is 15.0. The molecule has 0 spiro atoms. The number of hydrogen-bond donors (Lipinski definition) is 1. The normalized spacial score (nSPS) is 10.7. The number of thioether (sulfide) groups is 1. The number of aromatic amines is 1. The van der Waals surface area contributed by atoms with Crippen molar-refractivity contribution in [2.75, 3.05) is 6.26 Å². The molecule has 0 aliphatic rings. The monoisotopic (exact) mass is 297 g/mol. The molecule has 2 heterocycles. The fraction of sp³-hybridized carbons (Fsp3) is 0.143. The molecule has 0 radical (unpaired) electrons. The van der Waals surface area contributed by atoms with Crippen LogP contribution in [0.4, 0.5) is 0 Å². The van der Waals surface area contributed by atoms with Crippen molar-refractivity contribution in [1.82, 2.24) is 19.5 Å². The first-order chi connectivity index (χ1) is 10.1. The van der Waals surface area contributed by atoms with Crippen LogP contribution in [-0.4, -0.2) is 25.8 Å². The highest BCUT2D eigenvalue weighted by atomic mass is 32.2. The largest absolute Gasteiger partial charge is 0.334 e. The fourth-order valence-corrected chi connectivity index (χ4v) is 2.51. The highest BCUT2D eigenvalue weighted by Gasteiger charge is 2.14. The van der Waals surface area contributed by atoms with Gasteiger partial charge in [0.2, 0.25) is 0 Å². The number of nitriles is 1. The molecule has 6 nitrogen and oxygen atoms in total. The van der Waals surface area contributed by atoms with Gasteiger partial charge in [-0.3, -0.25) is 4.79 Å². The van der Waals surface area contributed by atoms with Gasteiger partial charge in [-0.25, -0.2) is 9.97 Å². The van der Waals surface area contributed by atoms with Crippen molar-refractivity contribution in [3.05, 3.63) is 40.4 Å². The third kappa shape index (κ3) is 2.19. The molecule has 0 atom stereocenters. The second kappa shape index (κ2) is 5.07. The van der Waals surface area contributed by atoms with Crippen LogP contribution in [0.5, 0.6) is 0 Å². The van der Waals surface area contributed by atoms with Crippen LogP contribution in [0.2, 0.25) is 0 Å². The van der Waals surface area contributed by atoms with Gasteiger partial charge in [0.25, 0.3) is 5.56 Å². The molecule has 3 rings (SSSR count). The minimum absolute atomic E-state index is 0.0225. The van der Waals surface area contributed by atoms with Crippen LogP contribution in [0.3, 0.4) is 0 Å². The SMILES string of the molecule is CSc1nc(-c2ccc3ncn(C)c3c2)c(C#N)c(=O)[nH]1. The molecular formula is C14H11N5OS. The summed E-state index contributed by atoms with van der Waals surface area (Å²) < 4.78 is 1.88. The number of hydrogen-bond acceptors (Lipinski definition) is 5. The minimum atomic E-state index is -0.419. The number of aromatic nitrogens is 4. The number of rotatable bonds is 2. The predicted molar refractivity (Wildman–Crippen MR) is 81.1 cm³/mol. The minimum Gasteiger partial charge on any atom is -0.334 e. The molecule has 0 bridgehead atoms. The highest BCUT2D eigenvalue weighted by molar-refractivity contribution is 7.98. The van der Waals surface area contributed by atoms with Crippen molar-refractivity contribution in [3.63, 3.8) is 0 Å². The maximum atomic E-state index is 12.0. The number of benzene rings is 1. The lowest BCUT2D eigenvalue weighted by Crippen LogP contribution is -2.14. The van der Waals surface area contributed by atoms with Crippen LogP contribution in [0, 0.1) is 11.3 Å². The first kappa shape index (κ1) is 13.4. The molecule has 1 N–H and O–H groups in total. The molecule has 0 aliphatic carbocycles. The first-order valence-electron chi connectivity index (χ1n) is 6.14. The zero-order valence-corrected chi connectivity index (χ0v) is 12.2. The fourth-order valence-electron chi connectivity index (χ4n) is 2.14. The quantitative estimate of drug-likeness (QED) is 0.576. The molecule has 21 heavy (non-hydrogen) atoms. The molecule has 2 aromatic heterocycles. The van der Waals surface area contributed by atoms with Gasteiger partial charge < -0.3 is 9.55 Å². The molecule has 0 saturated carbocycles. The average Bonchev–Trinajstić information content (AvgIpc) is 2.87. The third-order valence-electron chi connectivity index (χ3n) is 3.20. The summed E-state index contributed by atoms with van der Waals surface area (Å²) in [5.74, 6) is 0. The number of aryl methyl sites for hydroxylation is 1. The highest BCUT2D eigenvalue weighted by Crippen LogP contribution is 2.24. The van der Waals surface area contributed by atoms with Crippen molar-refractivity contribution in [2.45, 2.75) is 5.16 Å². The van der Waals surface area contributed by atoms with E-state index in [2.05, 4.69) is 15.0 Å². The van der Waals surface area contributed by atoms with Crippen molar-refractivity contribution >= 4 is 22.8 Å². The number of fused-ring (bicyclic) bond motifs is 1. The Morgan fingerprint density at radius 3 is 2.95 bits per heavy atom. The Labute approximate surface area is 124 Å². The molecule has 0 aliphatic heterocycles. The average molecular weight is 297 g/mol. The van der Waals surface area contributed by atoms with Gasteiger partial charge in [-0.15, -0.1) is 0 Å². The zero-order valence-electron chi connectivity index (χ0n) is 11.4. The standard InChI is InChI=1S/C14H11N5OS/c1-19-7-16-10-4-3-8(5-11(10)19)12-9(6-15)13(20)18-14(17-12)21-2/h3-5,7H,1-2H3,(H,17,18,20). The molecule has 7 heteroatoms. The van der Waals surface area contributed by atoms with Crippen LogP contribution in [0.1, 0.15) is 5.56 Å². The summed E-state index contributed by atoms with van der Waals surface area (Å²) in [5.41, 5.74) is 2.50. The van der Waals surface area contributed by atoms with E-state index in [1.54, 1.807) is 6.33 Å². The van der Waals surface area contributed by atoms with E-state index in [9.17, 15) is 10.1 Å². The summed E-state index contributed by atoms with van der Waals surface area (Å²) in [6, 6.07) is 7.49. The molecule has 0 fully saturated rings. The van der Waals surface area contributed by atoms with E-state index in [-0.39, 0.29) is 5.56 Å². The molecule has 104 valence electrons. The van der Waals surface area contributed by atoms with Crippen molar-refractivity contribution in [2.24, 2.45) is 7.05 Å². The van der Waals surface area contributed by atoms with Crippen LogP contribution >= 0.6 is 11.8 Å². The molecule has 3 aromatic rings. The van der Waals surface area contributed by atoms with Gasteiger partial charge in [0.15, 0.2) is 5.16 Å². The van der Waals surface area contributed by atoms with Gasteiger partial charge in [-0.2, -0.15) is 5.26 Å². The number of nitrogens with zero attached hydrogens (tertiary/aromatic N) is 4. The lowest BCUT2D eigenvalue weighted by Gasteiger charge is -2.05. The summed E-state index contributed by atoms with van der Waals surface area (Å²) in [4.78, 5) is 23.2. The Kier molecular flexibility index (Phi) is 3.23. The molecule has 1 aromatic carbocycles. The maximum Gasteiger partial charge on any atom is 0.270 e. The lowest BCUT2D eigenvalue weighted by molar-refractivity contribution is 0.936. The summed E-state index contributed by atoms with van der Waals surface area (Å²) in [6.45, 7) is 0. The van der Waals surface area contributed by atoms with Crippen molar-refractivity contribution < 1.29 is 0 Å². The topological polar surface area (TPSA) is 87.4 Å². The summed E-state index contributed by atoms with van der Waals surface area (Å²) in [6.07, 6.45) is 3.54. The van der Waals surface area contributed by atoms with Crippen LogP contribution in [-0.2, 0) is 7.05 Å². The smallest absolute Gasteiger partial charge is 0.270 e. The van der Waals surface area contributed by atoms with Gasteiger partial charge in [-0.05, 0) is 18.4 Å². The Balaban J connectivity index is 2.31. The van der Waals surface area contributed by atoms with E-state index in [1.807, 2.05) is 42.1 Å². The van der Waals surface area contributed by atoms with Gasteiger partial charge >= 0.3 is 0 Å². The van der Waals surface area contributed by atoms with Gasteiger partial charge in [-0.1, -0.05) is 17.8 Å². The van der Waals surface area contributed by atoms with E-state index < -0.39 is 5.56 Å². The predicted octanol–water partition coefficient (Wildman–Crippen LogP) is 1.92. The van der Waals surface area contributed by atoms with Crippen LogP contribution in [0.25, 0.3) is 22.3 Å². The number of H-pyrrole nitrogens is 1. The Bertz CT molecular complexity index is 935. The molecule has 0 amide bonds. The van der Waals surface area contributed by atoms with E-state index in [0.29, 0.717) is 10.9 Å². The van der Waals surface area contributed by atoms with Crippen LogP contribution in [0.15, 0.2) is 34.5 Å². The second-order valence-electron chi connectivity index (χ2n) is 4.47. The second-order valence-corrected chi connectivity index (χ2v) is 5.26. The molecular weight excluding hydrogens is 286 g/mol. The van der Waals surface area contributed by atoms with Crippen LogP contribution < -0.4 is 5.56 Å². The van der Waals surface area contributed by atoms with Crippen molar-refractivity contribution in [3.8, 4) is 17.3 Å². The summed E-state index contributed by atoms with van der Waals surface area (Å²) in [5, 5.41) is 9.70. The third-order valence-corrected chi connectivity index (χ3v) is 3.78. The Hall–Kier alpha value is -2.59. The van der Waals surface area contributed by atoms with Gasteiger partial charge in [0.1, 0.15) is 11.6 Å². The van der Waals surface area contributed by atoms with E-state index in [1.165, 1.54) is 11.8 Å². The molecule has 0 saturated heterocycles. The lowest BCUT2D eigenvalue weighted by atomic mass is 10.1. The summed E-state index contributed by atoms with van der Waals surface area (Å²) >= 11 is 1.33.